The zero-order valence-electron chi connectivity index (χ0n) is 12.2. The Morgan fingerprint density at radius 1 is 1.12 bits per heavy atom. The van der Waals surface area contributed by atoms with Gasteiger partial charge in [0, 0.05) is 8.45 Å². The fourth-order valence-corrected chi connectivity index (χ4v) is 4.07. The molecule has 7 heteroatoms. The van der Waals surface area contributed by atoms with Crippen LogP contribution in [-0.2, 0) is 0 Å². The Hall–Kier alpha value is -1.84. The largest absolute Gasteiger partial charge is 0.282 e. The van der Waals surface area contributed by atoms with Crippen LogP contribution < -0.4 is 5.56 Å². The third kappa shape index (κ3) is 2.94. The van der Waals surface area contributed by atoms with Crippen molar-refractivity contribution in [1.29, 1.82) is 0 Å². The van der Waals surface area contributed by atoms with Gasteiger partial charge in [0.2, 0.25) is 0 Å². The van der Waals surface area contributed by atoms with Crippen LogP contribution in [0.4, 0.5) is 0 Å². The van der Waals surface area contributed by atoms with Crippen molar-refractivity contribution in [2.45, 2.75) is 0 Å². The van der Waals surface area contributed by atoms with Crippen molar-refractivity contribution in [3.8, 4) is 10.7 Å². The summed E-state index contributed by atoms with van der Waals surface area (Å²) in [7, 11) is 0. The van der Waals surface area contributed by atoms with Crippen molar-refractivity contribution >= 4 is 62.4 Å². The van der Waals surface area contributed by atoms with Crippen molar-refractivity contribution in [2.24, 2.45) is 5.10 Å². The maximum atomic E-state index is 13.0. The lowest BCUT2D eigenvalue weighted by Crippen LogP contribution is -2.20. The van der Waals surface area contributed by atoms with Crippen LogP contribution in [0.2, 0.25) is 0 Å². The maximum absolute atomic E-state index is 13.0. The van der Waals surface area contributed by atoms with Crippen LogP contribution in [0.25, 0.3) is 21.6 Å². The standard InChI is InChI=1S/C17H10IN3OS2/c18-11-5-6-14-13(9-11)17(22)21(19-10-12-3-1-7-23-12)16(20-14)15-4-2-8-24-15/h1-10H/b19-10+. The second-order valence-electron chi connectivity index (χ2n) is 4.95. The summed E-state index contributed by atoms with van der Waals surface area (Å²) in [5.41, 5.74) is 0.529. The van der Waals surface area contributed by atoms with E-state index in [1.54, 1.807) is 17.6 Å². The fourth-order valence-electron chi connectivity index (χ4n) is 2.30. The molecule has 0 radical (unpaired) electrons. The first kappa shape index (κ1) is 15.7. The molecular weight excluding hydrogens is 453 g/mol. The zero-order valence-corrected chi connectivity index (χ0v) is 16.0. The van der Waals surface area contributed by atoms with E-state index in [2.05, 4.69) is 32.7 Å². The lowest BCUT2D eigenvalue weighted by molar-refractivity contribution is 0.832. The monoisotopic (exact) mass is 463 g/mol. The zero-order chi connectivity index (χ0) is 16.5. The summed E-state index contributed by atoms with van der Waals surface area (Å²) in [6, 6.07) is 13.5. The Morgan fingerprint density at radius 2 is 1.96 bits per heavy atom. The maximum Gasteiger partial charge on any atom is 0.282 e. The number of nitrogens with zero attached hydrogens (tertiary/aromatic N) is 3. The number of rotatable bonds is 3. The van der Waals surface area contributed by atoms with Crippen molar-refractivity contribution in [3.63, 3.8) is 0 Å². The minimum absolute atomic E-state index is 0.158. The topological polar surface area (TPSA) is 47.2 Å². The summed E-state index contributed by atoms with van der Waals surface area (Å²) in [6.07, 6.45) is 1.70. The van der Waals surface area contributed by atoms with Crippen LogP contribution >= 0.6 is 45.3 Å². The van der Waals surface area contributed by atoms with Crippen molar-refractivity contribution in [3.05, 3.63) is 72.0 Å². The molecule has 1 aromatic carbocycles. The van der Waals surface area contributed by atoms with E-state index >= 15 is 0 Å². The molecule has 0 unspecified atom stereocenters. The van der Waals surface area contributed by atoms with Crippen LogP contribution in [-0.4, -0.2) is 15.9 Å². The molecule has 0 saturated carbocycles. The minimum atomic E-state index is -0.158. The Bertz CT molecular complexity index is 1080. The highest BCUT2D eigenvalue weighted by molar-refractivity contribution is 14.1. The average molecular weight is 463 g/mol. The Labute approximate surface area is 159 Å². The number of halogens is 1. The quantitative estimate of drug-likeness (QED) is 0.328. The molecular formula is C17H10IN3OS2. The molecule has 4 rings (SSSR count). The summed E-state index contributed by atoms with van der Waals surface area (Å²) in [5.74, 6) is 0.566. The highest BCUT2D eigenvalue weighted by Gasteiger charge is 2.13. The molecule has 4 aromatic rings. The third-order valence-corrected chi connectivity index (χ3v) is 5.74. The summed E-state index contributed by atoms with van der Waals surface area (Å²) in [4.78, 5) is 19.5. The molecule has 0 N–H and O–H groups in total. The number of thiophene rings is 2. The second-order valence-corrected chi connectivity index (χ2v) is 8.12. The molecule has 3 heterocycles. The van der Waals surface area contributed by atoms with Crippen LogP contribution in [0.1, 0.15) is 4.88 Å². The Balaban J connectivity index is 1.99. The first-order valence-electron chi connectivity index (χ1n) is 7.06. The predicted molar refractivity (Wildman–Crippen MR) is 109 cm³/mol. The van der Waals surface area contributed by atoms with Gasteiger partial charge in [-0.3, -0.25) is 4.79 Å². The van der Waals surface area contributed by atoms with Crippen LogP contribution in [0.3, 0.4) is 0 Å². The number of benzene rings is 1. The van der Waals surface area contributed by atoms with E-state index in [9.17, 15) is 4.79 Å². The molecule has 0 aliphatic carbocycles. The highest BCUT2D eigenvalue weighted by atomic mass is 127. The Morgan fingerprint density at radius 3 is 2.71 bits per heavy atom. The highest BCUT2D eigenvalue weighted by Crippen LogP contribution is 2.24. The van der Waals surface area contributed by atoms with Crippen LogP contribution in [0.15, 0.2) is 63.1 Å². The van der Waals surface area contributed by atoms with E-state index in [4.69, 9.17) is 0 Å². The SMILES string of the molecule is O=c1c2cc(I)ccc2nc(-c2cccs2)n1/N=C/c1cccs1. The molecule has 0 aliphatic rings. The van der Waals surface area contributed by atoms with Gasteiger partial charge in [0.1, 0.15) is 0 Å². The van der Waals surface area contributed by atoms with E-state index in [1.165, 1.54) is 16.0 Å². The van der Waals surface area contributed by atoms with Gasteiger partial charge in [-0.1, -0.05) is 12.1 Å². The van der Waals surface area contributed by atoms with Gasteiger partial charge < -0.3 is 0 Å². The lowest BCUT2D eigenvalue weighted by atomic mass is 10.2. The molecule has 0 atom stereocenters. The normalized spacial score (nSPS) is 11.5. The Kier molecular flexibility index (Phi) is 4.30. The molecule has 24 heavy (non-hydrogen) atoms. The van der Waals surface area contributed by atoms with Gasteiger partial charge >= 0.3 is 0 Å². The average Bonchev–Trinajstić information content (AvgIpc) is 3.28. The first-order chi connectivity index (χ1) is 11.7. The molecule has 0 bridgehead atoms. The van der Waals surface area contributed by atoms with E-state index < -0.39 is 0 Å². The van der Waals surface area contributed by atoms with Gasteiger partial charge in [-0.25, -0.2) is 4.98 Å². The first-order valence-corrected chi connectivity index (χ1v) is 9.90. The fraction of sp³-hybridized carbons (Fsp3) is 0. The van der Waals surface area contributed by atoms with E-state index in [0.717, 1.165) is 13.3 Å². The number of aromatic nitrogens is 2. The summed E-state index contributed by atoms with van der Waals surface area (Å²) in [6.45, 7) is 0. The lowest BCUT2D eigenvalue weighted by Gasteiger charge is -2.07. The molecule has 0 aliphatic heterocycles. The predicted octanol–water partition coefficient (Wildman–Crippen LogP) is 4.67. The van der Waals surface area contributed by atoms with Gasteiger partial charge in [-0.15, -0.1) is 22.7 Å². The van der Waals surface area contributed by atoms with Crippen molar-refractivity contribution in [1.82, 2.24) is 9.66 Å². The third-order valence-electron chi connectivity index (χ3n) is 3.39. The molecule has 0 amide bonds. The number of hydrogen-bond donors (Lipinski definition) is 0. The molecule has 3 aromatic heterocycles. The smallest absolute Gasteiger partial charge is 0.267 e. The molecule has 0 fully saturated rings. The molecule has 118 valence electrons. The summed E-state index contributed by atoms with van der Waals surface area (Å²) >= 11 is 5.31. The number of fused-ring (bicyclic) bond motifs is 1. The van der Waals surface area contributed by atoms with E-state index in [0.29, 0.717) is 16.7 Å². The molecule has 0 spiro atoms. The summed E-state index contributed by atoms with van der Waals surface area (Å²) in [5, 5.41) is 8.93. The van der Waals surface area contributed by atoms with Gasteiger partial charge in [0.15, 0.2) is 5.82 Å². The second kappa shape index (κ2) is 6.58. The summed E-state index contributed by atoms with van der Waals surface area (Å²) < 4.78 is 2.39. The van der Waals surface area contributed by atoms with E-state index in [1.807, 2.05) is 53.2 Å². The van der Waals surface area contributed by atoms with Crippen molar-refractivity contribution in [2.75, 3.05) is 0 Å². The van der Waals surface area contributed by atoms with Crippen molar-refractivity contribution < 1.29 is 0 Å². The van der Waals surface area contributed by atoms with Crippen LogP contribution in [0.5, 0.6) is 0 Å². The van der Waals surface area contributed by atoms with Gasteiger partial charge in [0.25, 0.3) is 5.56 Å². The van der Waals surface area contributed by atoms with Gasteiger partial charge in [-0.05, 0) is 63.7 Å². The number of hydrogen-bond acceptors (Lipinski definition) is 5. The minimum Gasteiger partial charge on any atom is -0.267 e. The molecule has 0 saturated heterocycles. The van der Waals surface area contributed by atoms with Gasteiger partial charge in [0.05, 0.1) is 22.0 Å². The van der Waals surface area contributed by atoms with E-state index in [-0.39, 0.29) is 5.56 Å². The molecule has 4 nitrogen and oxygen atoms in total. The van der Waals surface area contributed by atoms with Gasteiger partial charge in [-0.2, -0.15) is 9.78 Å². The van der Waals surface area contributed by atoms with Crippen LogP contribution in [0, 0.1) is 3.57 Å².